The van der Waals surface area contributed by atoms with Gasteiger partial charge < -0.3 is 5.11 Å². The molecule has 18 heavy (non-hydrogen) atoms. The zero-order chi connectivity index (χ0) is 13.8. The summed E-state index contributed by atoms with van der Waals surface area (Å²) in [5.74, 6) is -0.128. The lowest BCUT2D eigenvalue weighted by atomic mass is 10.2. The summed E-state index contributed by atoms with van der Waals surface area (Å²) >= 11 is 0. The lowest BCUT2D eigenvalue weighted by molar-refractivity contribution is 0.301. The maximum Gasteiger partial charge on any atom is 0.240 e. The number of nitrogens with one attached hydrogen (secondary N) is 1. The molecule has 0 saturated carbocycles. The second kappa shape index (κ2) is 5.79. The van der Waals surface area contributed by atoms with Gasteiger partial charge in [-0.15, -0.1) is 0 Å². The van der Waals surface area contributed by atoms with Crippen molar-refractivity contribution in [3.05, 3.63) is 29.8 Å². The first-order valence-electron chi connectivity index (χ1n) is 5.12. The van der Waals surface area contributed by atoms with E-state index >= 15 is 0 Å². The molecule has 0 aliphatic rings. The highest BCUT2D eigenvalue weighted by molar-refractivity contribution is 7.90. The van der Waals surface area contributed by atoms with E-state index in [0.717, 1.165) is 6.26 Å². The number of hydrogen-bond donors (Lipinski definition) is 2. The molecule has 0 bridgehead atoms. The van der Waals surface area contributed by atoms with Crippen LogP contribution >= 0.6 is 0 Å². The zero-order valence-corrected chi connectivity index (χ0v) is 11.5. The molecule has 1 aromatic rings. The van der Waals surface area contributed by atoms with Crippen LogP contribution in [-0.2, 0) is 25.6 Å². The topological polar surface area (TPSA) is 101 Å². The van der Waals surface area contributed by atoms with E-state index in [1.54, 1.807) is 0 Å². The summed E-state index contributed by atoms with van der Waals surface area (Å²) in [5.41, 5.74) is 0.526. The lowest BCUT2D eigenvalue weighted by Gasteiger charge is -2.06. The van der Waals surface area contributed by atoms with Gasteiger partial charge in [-0.2, -0.15) is 0 Å². The van der Waals surface area contributed by atoms with E-state index in [9.17, 15) is 16.8 Å². The smallest absolute Gasteiger partial charge is 0.240 e. The molecule has 0 unspecified atom stereocenters. The SMILES string of the molecule is CS(=O)(=O)Cc1ccc(S(=O)(=O)NCCO)cc1. The molecule has 0 radical (unpaired) electrons. The summed E-state index contributed by atoms with van der Waals surface area (Å²) in [5, 5.41) is 8.55. The Morgan fingerprint density at radius 2 is 1.67 bits per heavy atom. The van der Waals surface area contributed by atoms with Crippen LogP contribution in [0.5, 0.6) is 0 Å². The average Bonchev–Trinajstić information content (AvgIpc) is 2.25. The van der Waals surface area contributed by atoms with E-state index in [1.807, 2.05) is 0 Å². The van der Waals surface area contributed by atoms with Crippen LogP contribution in [0.4, 0.5) is 0 Å². The first kappa shape index (κ1) is 15.1. The van der Waals surface area contributed by atoms with Gasteiger partial charge >= 0.3 is 0 Å². The number of sulfone groups is 1. The van der Waals surface area contributed by atoms with Crippen molar-refractivity contribution in [2.75, 3.05) is 19.4 Å². The van der Waals surface area contributed by atoms with Crippen LogP contribution in [0.15, 0.2) is 29.2 Å². The second-order valence-corrected chi connectivity index (χ2v) is 7.74. The fraction of sp³-hybridized carbons (Fsp3) is 0.400. The third-order valence-electron chi connectivity index (χ3n) is 2.07. The third-order valence-corrected chi connectivity index (χ3v) is 4.40. The summed E-state index contributed by atoms with van der Waals surface area (Å²) in [6, 6.07) is 5.57. The molecule has 2 N–H and O–H groups in total. The van der Waals surface area contributed by atoms with E-state index in [0.29, 0.717) is 5.56 Å². The van der Waals surface area contributed by atoms with Crippen LogP contribution in [0.3, 0.4) is 0 Å². The van der Waals surface area contributed by atoms with Gasteiger partial charge in [0.15, 0.2) is 9.84 Å². The molecule has 0 fully saturated rings. The van der Waals surface area contributed by atoms with Crippen molar-refractivity contribution in [3.63, 3.8) is 0 Å². The minimum atomic E-state index is -3.64. The molecule has 0 heterocycles. The second-order valence-electron chi connectivity index (χ2n) is 3.84. The molecule has 102 valence electrons. The van der Waals surface area contributed by atoms with Crippen LogP contribution in [0.2, 0.25) is 0 Å². The molecule has 6 nitrogen and oxygen atoms in total. The molecule has 0 amide bonds. The van der Waals surface area contributed by atoms with E-state index in [4.69, 9.17) is 5.11 Å². The predicted octanol–water partition coefficient (Wildman–Crippen LogP) is -0.498. The molecule has 0 spiro atoms. The van der Waals surface area contributed by atoms with Crippen molar-refractivity contribution in [1.82, 2.24) is 4.72 Å². The van der Waals surface area contributed by atoms with Crippen LogP contribution < -0.4 is 4.72 Å². The average molecular weight is 293 g/mol. The molecule has 0 aromatic heterocycles. The minimum Gasteiger partial charge on any atom is -0.395 e. The monoisotopic (exact) mass is 293 g/mol. The van der Waals surface area contributed by atoms with Crippen LogP contribution in [-0.4, -0.2) is 41.3 Å². The van der Waals surface area contributed by atoms with Crippen molar-refractivity contribution in [1.29, 1.82) is 0 Å². The van der Waals surface area contributed by atoms with E-state index in [-0.39, 0.29) is 23.8 Å². The van der Waals surface area contributed by atoms with Gasteiger partial charge in [-0.3, -0.25) is 0 Å². The molecule has 0 aliphatic carbocycles. The van der Waals surface area contributed by atoms with Gasteiger partial charge in [0.2, 0.25) is 10.0 Å². The van der Waals surface area contributed by atoms with Crippen LogP contribution in [0.25, 0.3) is 0 Å². The number of sulfonamides is 1. The number of rotatable bonds is 6. The highest BCUT2D eigenvalue weighted by Crippen LogP contribution is 2.12. The first-order valence-corrected chi connectivity index (χ1v) is 8.66. The summed E-state index contributed by atoms with van der Waals surface area (Å²) in [6.07, 6.45) is 1.11. The predicted molar refractivity (Wildman–Crippen MR) is 67.3 cm³/mol. The Hall–Kier alpha value is -0.960. The fourth-order valence-corrected chi connectivity index (χ4v) is 3.15. The molecular weight excluding hydrogens is 278 g/mol. The van der Waals surface area contributed by atoms with Crippen LogP contribution in [0.1, 0.15) is 5.56 Å². The quantitative estimate of drug-likeness (QED) is 0.736. The van der Waals surface area contributed by atoms with Crippen molar-refractivity contribution in [2.24, 2.45) is 0 Å². The maximum absolute atomic E-state index is 11.6. The molecule has 8 heteroatoms. The maximum atomic E-state index is 11.6. The van der Waals surface area contributed by atoms with Gasteiger partial charge in [0.1, 0.15) is 0 Å². The number of hydrogen-bond acceptors (Lipinski definition) is 5. The van der Waals surface area contributed by atoms with E-state index in [2.05, 4.69) is 4.72 Å². The van der Waals surface area contributed by atoms with Crippen LogP contribution in [0, 0.1) is 0 Å². The lowest BCUT2D eigenvalue weighted by Crippen LogP contribution is -2.26. The summed E-state index contributed by atoms with van der Waals surface area (Å²) < 4.78 is 47.6. The number of aliphatic hydroxyl groups excluding tert-OH is 1. The Balaban J connectivity index is 2.89. The standard InChI is InChI=1S/C10H15NO5S2/c1-17(13,14)8-9-2-4-10(5-3-9)18(15,16)11-6-7-12/h2-5,11-12H,6-8H2,1H3. The Kier molecular flexibility index (Phi) is 4.85. The largest absolute Gasteiger partial charge is 0.395 e. The highest BCUT2D eigenvalue weighted by Gasteiger charge is 2.13. The molecular formula is C10H15NO5S2. The summed E-state index contributed by atoms with van der Waals surface area (Å²) in [6.45, 7) is -0.348. The Morgan fingerprint density at radius 3 is 2.11 bits per heavy atom. The number of aliphatic hydroxyl groups is 1. The normalized spacial score (nSPS) is 12.6. The minimum absolute atomic E-state index is 0.0354. The Bertz CT molecular complexity index is 590. The molecule has 0 aliphatic heterocycles. The molecule has 1 aromatic carbocycles. The molecule has 0 saturated heterocycles. The van der Waals surface area contributed by atoms with Gasteiger partial charge in [-0.1, -0.05) is 12.1 Å². The van der Waals surface area contributed by atoms with E-state index in [1.165, 1.54) is 24.3 Å². The fourth-order valence-electron chi connectivity index (χ4n) is 1.33. The van der Waals surface area contributed by atoms with Gasteiger partial charge in [-0.05, 0) is 17.7 Å². The Morgan fingerprint density at radius 1 is 1.11 bits per heavy atom. The first-order chi connectivity index (χ1) is 8.24. The summed E-state index contributed by atoms with van der Waals surface area (Å²) in [7, 11) is -6.78. The molecule has 0 atom stereocenters. The Labute approximate surface area is 107 Å². The third kappa shape index (κ3) is 4.73. The van der Waals surface area contributed by atoms with Gasteiger partial charge in [0.05, 0.1) is 17.3 Å². The van der Waals surface area contributed by atoms with Crippen molar-refractivity contribution in [3.8, 4) is 0 Å². The molecule has 1 rings (SSSR count). The number of benzene rings is 1. The van der Waals surface area contributed by atoms with E-state index < -0.39 is 19.9 Å². The van der Waals surface area contributed by atoms with Gasteiger partial charge in [0.25, 0.3) is 0 Å². The van der Waals surface area contributed by atoms with Crippen molar-refractivity contribution < 1.29 is 21.9 Å². The van der Waals surface area contributed by atoms with Crippen molar-refractivity contribution >= 4 is 19.9 Å². The van der Waals surface area contributed by atoms with Crippen molar-refractivity contribution in [2.45, 2.75) is 10.6 Å². The zero-order valence-electron chi connectivity index (χ0n) is 9.83. The highest BCUT2D eigenvalue weighted by atomic mass is 32.2. The summed E-state index contributed by atoms with van der Waals surface area (Å²) in [4.78, 5) is 0.0354. The van der Waals surface area contributed by atoms with Gasteiger partial charge in [0, 0.05) is 12.8 Å². The van der Waals surface area contributed by atoms with Gasteiger partial charge in [-0.25, -0.2) is 21.6 Å².